The monoisotopic (exact) mass is 347 g/mol. The summed E-state index contributed by atoms with van der Waals surface area (Å²) in [7, 11) is 3.49. The predicted octanol–water partition coefficient (Wildman–Crippen LogP) is 1.25. The number of nitrogens with zero attached hydrogens (tertiary/aromatic N) is 3. The maximum Gasteiger partial charge on any atom is 0.328 e. The molecule has 136 valence electrons. The van der Waals surface area contributed by atoms with Gasteiger partial charge in [0.25, 0.3) is 0 Å². The highest BCUT2D eigenvalue weighted by Crippen LogP contribution is 2.31. The van der Waals surface area contributed by atoms with E-state index >= 15 is 0 Å². The zero-order valence-electron chi connectivity index (χ0n) is 15.0. The third kappa shape index (κ3) is 3.34. The van der Waals surface area contributed by atoms with Crippen LogP contribution in [0.4, 0.5) is 16.2 Å². The Morgan fingerprint density at radius 2 is 1.80 bits per heavy atom. The molecule has 25 heavy (non-hydrogen) atoms. The van der Waals surface area contributed by atoms with Crippen LogP contribution in [0.5, 0.6) is 0 Å². The first kappa shape index (κ1) is 17.3. The van der Waals surface area contributed by atoms with Gasteiger partial charge in [-0.2, -0.15) is 0 Å². The minimum atomic E-state index is -0.239. The van der Waals surface area contributed by atoms with E-state index in [4.69, 9.17) is 4.74 Å². The molecule has 1 fully saturated rings. The van der Waals surface area contributed by atoms with Crippen LogP contribution < -0.4 is 21.2 Å². The first-order valence-electron chi connectivity index (χ1n) is 8.60. The number of anilines is 2. The molecule has 1 aromatic carbocycles. The molecule has 0 saturated carbocycles. The lowest BCUT2D eigenvalue weighted by Crippen LogP contribution is -2.37. The van der Waals surface area contributed by atoms with Crippen molar-refractivity contribution < 1.29 is 9.53 Å². The van der Waals surface area contributed by atoms with E-state index < -0.39 is 0 Å². The molecule has 1 aromatic heterocycles. The topological polar surface area (TPSA) is 80.5 Å². The summed E-state index contributed by atoms with van der Waals surface area (Å²) in [5, 5.41) is 5.76. The van der Waals surface area contributed by atoms with Gasteiger partial charge in [-0.05, 0) is 18.6 Å². The first-order valence-corrected chi connectivity index (χ1v) is 8.60. The number of hydrogen-bond donors (Lipinski definition) is 2. The number of aromatic nitrogens is 2. The van der Waals surface area contributed by atoms with Crippen molar-refractivity contribution in [2.75, 3.05) is 43.1 Å². The molecule has 1 aliphatic rings. The number of morpholine rings is 1. The minimum Gasteiger partial charge on any atom is -0.378 e. The molecule has 0 aliphatic carbocycles. The first-order chi connectivity index (χ1) is 12.0. The summed E-state index contributed by atoms with van der Waals surface area (Å²) in [5.74, 6) is 0. The summed E-state index contributed by atoms with van der Waals surface area (Å²) in [5.41, 5.74) is 3.15. The van der Waals surface area contributed by atoms with Crippen LogP contribution >= 0.6 is 0 Å². The number of benzene rings is 1. The third-order valence-electron chi connectivity index (χ3n) is 4.52. The number of carbonyl (C=O) groups is 1. The second-order valence-electron chi connectivity index (χ2n) is 6.24. The molecule has 0 bridgehead atoms. The van der Waals surface area contributed by atoms with Crippen molar-refractivity contribution in [3.05, 3.63) is 22.6 Å². The second-order valence-corrected chi connectivity index (χ2v) is 6.24. The molecule has 0 radical (unpaired) electrons. The van der Waals surface area contributed by atoms with Gasteiger partial charge >= 0.3 is 11.7 Å². The van der Waals surface area contributed by atoms with E-state index in [-0.39, 0.29) is 11.7 Å². The molecule has 1 saturated heterocycles. The van der Waals surface area contributed by atoms with Crippen LogP contribution in [0, 0.1) is 0 Å². The molecule has 0 spiro atoms. The van der Waals surface area contributed by atoms with Gasteiger partial charge in [-0.3, -0.25) is 9.13 Å². The van der Waals surface area contributed by atoms with Crippen molar-refractivity contribution in [2.24, 2.45) is 14.1 Å². The van der Waals surface area contributed by atoms with Crippen molar-refractivity contribution in [1.82, 2.24) is 14.5 Å². The van der Waals surface area contributed by atoms with Crippen LogP contribution in [0.15, 0.2) is 16.9 Å². The highest BCUT2D eigenvalue weighted by atomic mass is 16.5. The Labute approximate surface area is 146 Å². The van der Waals surface area contributed by atoms with Crippen LogP contribution in [-0.4, -0.2) is 48.0 Å². The SMILES string of the molecule is CCCNC(=O)Nc1cc2c(cc1N1CCOCC1)n(C)c(=O)n2C. The number of urea groups is 1. The predicted molar refractivity (Wildman–Crippen MR) is 98.5 cm³/mol. The number of ether oxygens (including phenoxy) is 1. The number of aryl methyl sites for hydroxylation is 2. The summed E-state index contributed by atoms with van der Waals surface area (Å²) in [6.07, 6.45) is 0.871. The van der Waals surface area contributed by atoms with Crippen molar-refractivity contribution in [3.8, 4) is 0 Å². The number of carbonyl (C=O) groups excluding carboxylic acids is 1. The fourth-order valence-corrected chi connectivity index (χ4v) is 3.11. The van der Waals surface area contributed by atoms with Crippen LogP contribution in [0.1, 0.15) is 13.3 Å². The normalized spacial score (nSPS) is 14.8. The Hall–Kier alpha value is -2.48. The van der Waals surface area contributed by atoms with Gasteiger partial charge in [-0.25, -0.2) is 9.59 Å². The Balaban J connectivity index is 2.05. The molecule has 2 aromatic rings. The third-order valence-corrected chi connectivity index (χ3v) is 4.52. The van der Waals surface area contributed by atoms with E-state index in [1.54, 1.807) is 23.2 Å². The van der Waals surface area contributed by atoms with Crippen molar-refractivity contribution in [2.45, 2.75) is 13.3 Å². The van der Waals surface area contributed by atoms with Crippen molar-refractivity contribution in [3.63, 3.8) is 0 Å². The minimum absolute atomic E-state index is 0.0875. The lowest BCUT2D eigenvalue weighted by Gasteiger charge is -2.30. The van der Waals surface area contributed by atoms with Gasteiger partial charge in [0.1, 0.15) is 0 Å². The Morgan fingerprint density at radius 1 is 1.16 bits per heavy atom. The lowest BCUT2D eigenvalue weighted by molar-refractivity contribution is 0.123. The maximum absolute atomic E-state index is 12.2. The Bertz CT molecular complexity index is 833. The van der Waals surface area contributed by atoms with Crippen molar-refractivity contribution in [1.29, 1.82) is 0 Å². The summed E-state index contributed by atoms with van der Waals surface area (Å²) >= 11 is 0. The van der Waals surface area contributed by atoms with E-state index in [1.807, 2.05) is 19.1 Å². The van der Waals surface area contributed by atoms with E-state index in [9.17, 15) is 9.59 Å². The number of rotatable bonds is 4. The van der Waals surface area contributed by atoms with Gasteiger partial charge in [0.15, 0.2) is 0 Å². The molecular weight excluding hydrogens is 322 g/mol. The number of nitrogens with one attached hydrogen (secondary N) is 2. The number of fused-ring (bicyclic) bond motifs is 1. The van der Waals surface area contributed by atoms with Crippen LogP contribution in [0.2, 0.25) is 0 Å². The number of hydrogen-bond acceptors (Lipinski definition) is 4. The maximum atomic E-state index is 12.2. The standard InChI is InChI=1S/C17H25N5O3/c1-4-5-18-16(23)19-12-10-14-15(21(3)17(24)20(14)2)11-13(12)22-6-8-25-9-7-22/h10-11H,4-9H2,1-3H3,(H2,18,19,23). The van der Waals surface area contributed by atoms with E-state index in [2.05, 4.69) is 15.5 Å². The molecule has 2 amide bonds. The molecular formula is C17H25N5O3. The number of imidazole rings is 1. The van der Waals surface area contributed by atoms with Crippen LogP contribution in [0.3, 0.4) is 0 Å². The molecule has 8 heteroatoms. The molecule has 1 aliphatic heterocycles. The molecule has 8 nitrogen and oxygen atoms in total. The van der Waals surface area contributed by atoms with E-state index in [0.717, 1.165) is 36.2 Å². The molecule has 2 N–H and O–H groups in total. The van der Waals surface area contributed by atoms with Gasteiger partial charge in [0.05, 0.1) is 35.6 Å². The second kappa shape index (κ2) is 7.18. The Kier molecular flexibility index (Phi) is 4.98. The van der Waals surface area contributed by atoms with Crippen LogP contribution in [-0.2, 0) is 18.8 Å². The largest absolute Gasteiger partial charge is 0.378 e. The Morgan fingerprint density at radius 3 is 2.44 bits per heavy atom. The van der Waals surface area contributed by atoms with Gasteiger partial charge in [-0.15, -0.1) is 0 Å². The van der Waals surface area contributed by atoms with Crippen LogP contribution in [0.25, 0.3) is 11.0 Å². The molecule has 3 rings (SSSR count). The molecule has 2 heterocycles. The summed E-state index contributed by atoms with van der Waals surface area (Å²) in [4.78, 5) is 26.6. The lowest BCUT2D eigenvalue weighted by atomic mass is 10.2. The fraction of sp³-hybridized carbons (Fsp3) is 0.529. The number of amides is 2. The van der Waals surface area contributed by atoms with Gasteiger partial charge in [-0.1, -0.05) is 6.92 Å². The fourth-order valence-electron chi connectivity index (χ4n) is 3.11. The van der Waals surface area contributed by atoms with Crippen molar-refractivity contribution >= 4 is 28.4 Å². The zero-order valence-corrected chi connectivity index (χ0v) is 15.0. The quantitative estimate of drug-likeness (QED) is 0.872. The van der Waals surface area contributed by atoms with E-state index in [0.29, 0.717) is 25.4 Å². The highest BCUT2D eigenvalue weighted by molar-refractivity contribution is 5.98. The zero-order chi connectivity index (χ0) is 18.0. The van der Waals surface area contributed by atoms with Gasteiger partial charge in [0, 0.05) is 33.7 Å². The van der Waals surface area contributed by atoms with Gasteiger partial charge < -0.3 is 20.3 Å². The summed E-state index contributed by atoms with van der Waals surface area (Å²) < 4.78 is 8.65. The van der Waals surface area contributed by atoms with Gasteiger partial charge in [0.2, 0.25) is 0 Å². The smallest absolute Gasteiger partial charge is 0.328 e. The average Bonchev–Trinajstić information content (AvgIpc) is 2.84. The highest BCUT2D eigenvalue weighted by Gasteiger charge is 2.19. The molecule has 0 atom stereocenters. The molecule has 0 unspecified atom stereocenters. The summed E-state index contributed by atoms with van der Waals surface area (Å²) in [6, 6.07) is 3.60. The average molecular weight is 347 g/mol. The summed E-state index contributed by atoms with van der Waals surface area (Å²) in [6.45, 7) is 5.41. The van der Waals surface area contributed by atoms with E-state index in [1.165, 1.54) is 0 Å².